The highest BCUT2D eigenvalue weighted by atomic mass is 79.9. The lowest BCUT2D eigenvalue weighted by Gasteiger charge is -2.24. The van der Waals surface area contributed by atoms with E-state index >= 15 is 0 Å². The molecule has 3 rings (SSSR count). The van der Waals surface area contributed by atoms with Gasteiger partial charge in [-0.25, -0.2) is 0 Å². The Labute approximate surface area is 115 Å². The second-order valence-corrected chi connectivity index (χ2v) is 5.28. The average molecular weight is 314 g/mol. The van der Waals surface area contributed by atoms with Crippen molar-refractivity contribution in [3.63, 3.8) is 0 Å². The summed E-state index contributed by atoms with van der Waals surface area (Å²) in [6, 6.07) is 2.38. The first kappa shape index (κ1) is 12.1. The third-order valence-electron chi connectivity index (χ3n) is 3.40. The van der Waals surface area contributed by atoms with Crippen LogP contribution in [0.1, 0.15) is 24.4 Å². The predicted octanol–water partition coefficient (Wildman–Crippen LogP) is 2.65. The molecule has 18 heavy (non-hydrogen) atoms. The number of hydrogen-bond acceptors (Lipinski definition) is 4. The van der Waals surface area contributed by atoms with E-state index in [9.17, 15) is 0 Å². The van der Waals surface area contributed by atoms with Crippen molar-refractivity contribution in [2.24, 2.45) is 0 Å². The topological polar surface area (TPSA) is 39.7 Å². The van der Waals surface area contributed by atoms with Gasteiger partial charge in [0.25, 0.3) is 0 Å². The SMILES string of the molecule is COc1c(C2CCCN2)cc2c(c1Br)OCCO2. The van der Waals surface area contributed by atoms with Crippen molar-refractivity contribution in [3.05, 3.63) is 16.1 Å². The van der Waals surface area contributed by atoms with Gasteiger partial charge in [-0.2, -0.15) is 0 Å². The maximum Gasteiger partial charge on any atom is 0.179 e. The molecule has 2 aliphatic rings. The first-order valence-electron chi connectivity index (χ1n) is 6.20. The highest BCUT2D eigenvalue weighted by Gasteiger charge is 2.27. The molecule has 0 saturated carbocycles. The summed E-state index contributed by atoms with van der Waals surface area (Å²) >= 11 is 3.57. The van der Waals surface area contributed by atoms with Crippen molar-refractivity contribution in [2.75, 3.05) is 26.9 Å². The lowest BCUT2D eigenvalue weighted by Crippen LogP contribution is -2.18. The molecule has 0 radical (unpaired) electrons. The molecule has 1 aromatic carbocycles. The molecule has 2 heterocycles. The molecule has 2 aliphatic heterocycles. The van der Waals surface area contributed by atoms with E-state index in [2.05, 4.69) is 21.2 Å². The van der Waals surface area contributed by atoms with E-state index in [-0.39, 0.29) is 0 Å². The zero-order valence-electron chi connectivity index (χ0n) is 10.3. The lowest BCUT2D eigenvalue weighted by atomic mass is 10.0. The van der Waals surface area contributed by atoms with Crippen LogP contribution in [0.25, 0.3) is 0 Å². The molecular weight excluding hydrogens is 298 g/mol. The number of benzene rings is 1. The largest absolute Gasteiger partial charge is 0.495 e. The van der Waals surface area contributed by atoms with E-state index < -0.39 is 0 Å². The average Bonchev–Trinajstić information content (AvgIpc) is 2.92. The van der Waals surface area contributed by atoms with Crippen LogP contribution in [0.4, 0.5) is 0 Å². The van der Waals surface area contributed by atoms with Crippen LogP contribution in [0.15, 0.2) is 10.5 Å². The van der Waals surface area contributed by atoms with Crippen molar-refractivity contribution in [2.45, 2.75) is 18.9 Å². The highest BCUT2D eigenvalue weighted by Crippen LogP contribution is 2.48. The van der Waals surface area contributed by atoms with Gasteiger partial charge in [0.15, 0.2) is 11.5 Å². The number of fused-ring (bicyclic) bond motifs is 1. The van der Waals surface area contributed by atoms with Crippen molar-refractivity contribution in [1.29, 1.82) is 0 Å². The highest BCUT2D eigenvalue weighted by molar-refractivity contribution is 9.10. The van der Waals surface area contributed by atoms with Gasteiger partial charge in [-0.3, -0.25) is 0 Å². The minimum absolute atomic E-state index is 0.340. The van der Waals surface area contributed by atoms with Gasteiger partial charge in [0.2, 0.25) is 0 Å². The fourth-order valence-corrected chi connectivity index (χ4v) is 3.26. The summed E-state index contributed by atoms with van der Waals surface area (Å²) in [5, 5.41) is 3.48. The van der Waals surface area contributed by atoms with Crippen molar-refractivity contribution >= 4 is 15.9 Å². The van der Waals surface area contributed by atoms with Crippen LogP contribution in [0, 0.1) is 0 Å². The monoisotopic (exact) mass is 313 g/mol. The Hall–Kier alpha value is -0.940. The van der Waals surface area contributed by atoms with Crippen LogP contribution in [-0.2, 0) is 0 Å². The fourth-order valence-electron chi connectivity index (χ4n) is 2.56. The number of methoxy groups -OCH3 is 1. The third kappa shape index (κ3) is 1.95. The predicted molar refractivity (Wildman–Crippen MR) is 71.7 cm³/mol. The molecule has 4 nitrogen and oxygen atoms in total. The van der Waals surface area contributed by atoms with Gasteiger partial charge in [-0.05, 0) is 41.4 Å². The van der Waals surface area contributed by atoms with E-state index in [1.54, 1.807) is 7.11 Å². The molecule has 1 atom stereocenters. The Morgan fingerprint density at radius 3 is 2.94 bits per heavy atom. The number of hydrogen-bond donors (Lipinski definition) is 1. The molecule has 1 fully saturated rings. The molecule has 1 N–H and O–H groups in total. The fraction of sp³-hybridized carbons (Fsp3) is 0.538. The lowest BCUT2D eigenvalue weighted by molar-refractivity contribution is 0.169. The van der Waals surface area contributed by atoms with Crippen LogP contribution in [-0.4, -0.2) is 26.9 Å². The molecule has 0 spiro atoms. The summed E-state index contributed by atoms with van der Waals surface area (Å²) in [7, 11) is 1.69. The molecule has 1 saturated heterocycles. The number of ether oxygens (including phenoxy) is 3. The van der Waals surface area contributed by atoms with E-state index in [1.807, 2.05) is 6.07 Å². The third-order valence-corrected chi connectivity index (χ3v) is 4.12. The zero-order chi connectivity index (χ0) is 12.5. The van der Waals surface area contributed by atoms with E-state index in [4.69, 9.17) is 14.2 Å². The summed E-state index contributed by atoms with van der Waals surface area (Å²) in [4.78, 5) is 0. The summed E-state index contributed by atoms with van der Waals surface area (Å²) in [5.41, 5.74) is 1.14. The Morgan fingerprint density at radius 2 is 2.22 bits per heavy atom. The first-order chi connectivity index (χ1) is 8.81. The van der Waals surface area contributed by atoms with E-state index in [0.717, 1.165) is 40.3 Å². The van der Waals surface area contributed by atoms with Crippen molar-refractivity contribution < 1.29 is 14.2 Å². The van der Waals surface area contributed by atoms with Gasteiger partial charge < -0.3 is 19.5 Å². The van der Waals surface area contributed by atoms with E-state index in [0.29, 0.717) is 19.3 Å². The molecule has 1 aromatic rings. The van der Waals surface area contributed by atoms with Gasteiger partial charge >= 0.3 is 0 Å². The van der Waals surface area contributed by atoms with Crippen molar-refractivity contribution in [3.8, 4) is 17.2 Å². The molecule has 98 valence electrons. The molecule has 1 unspecified atom stereocenters. The Bertz CT molecular complexity index is 458. The second kappa shape index (κ2) is 4.97. The van der Waals surface area contributed by atoms with Crippen LogP contribution in [0.3, 0.4) is 0 Å². The molecular formula is C13H16BrNO3. The minimum Gasteiger partial charge on any atom is -0.495 e. The Morgan fingerprint density at radius 1 is 1.39 bits per heavy atom. The van der Waals surface area contributed by atoms with Gasteiger partial charge in [0, 0.05) is 11.6 Å². The second-order valence-electron chi connectivity index (χ2n) is 4.49. The van der Waals surface area contributed by atoms with Crippen LogP contribution in [0.5, 0.6) is 17.2 Å². The van der Waals surface area contributed by atoms with Crippen LogP contribution < -0.4 is 19.5 Å². The molecule has 5 heteroatoms. The van der Waals surface area contributed by atoms with Gasteiger partial charge in [0.1, 0.15) is 23.4 Å². The summed E-state index contributed by atoms with van der Waals surface area (Å²) in [6.45, 7) is 2.24. The summed E-state index contributed by atoms with van der Waals surface area (Å²) in [5.74, 6) is 2.40. The maximum atomic E-state index is 5.67. The molecule has 0 aromatic heterocycles. The Kier molecular flexibility index (Phi) is 3.35. The van der Waals surface area contributed by atoms with Crippen LogP contribution in [0.2, 0.25) is 0 Å². The number of halogens is 1. The number of nitrogens with one attached hydrogen (secondary N) is 1. The van der Waals surface area contributed by atoms with E-state index in [1.165, 1.54) is 6.42 Å². The molecule has 0 bridgehead atoms. The quantitative estimate of drug-likeness (QED) is 0.911. The molecule has 0 aliphatic carbocycles. The van der Waals surface area contributed by atoms with Crippen LogP contribution >= 0.6 is 15.9 Å². The normalized spacial score (nSPS) is 22.0. The Balaban J connectivity index is 2.09. The standard InChI is InChI=1S/C13H16BrNO3/c1-16-12-8(9-3-2-4-15-9)7-10-13(11(12)14)18-6-5-17-10/h7,9,15H,2-6H2,1H3. The van der Waals surface area contributed by atoms with Gasteiger partial charge in [-0.1, -0.05) is 0 Å². The summed E-state index contributed by atoms with van der Waals surface area (Å²) < 4.78 is 17.7. The first-order valence-corrected chi connectivity index (χ1v) is 7.00. The zero-order valence-corrected chi connectivity index (χ0v) is 11.9. The smallest absolute Gasteiger partial charge is 0.179 e. The van der Waals surface area contributed by atoms with Gasteiger partial charge in [-0.15, -0.1) is 0 Å². The van der Waals surface area contributed by atoms with Gasteiger partial charge in [0.05, 0.1) is 7.11 Å². The molecule has 0 amide bonds. The number of rotatable bonds is 2. The summed E-state index contributed by atoms with van der Waals surface area (Å²) in [6.07, 6.45) is 2.32. The van der Waals surface area contributed by atoms with Crippen molar-refractivity contribution in [1.82, 2.24) is 5.32 Å². The minimum atomic E-state index is 0.340. The maximum absolute atomic E-state index is 5.67.